The number of carbonyl (C=O) groups excluding carboxylic acids is 1. The van der Waals surface area contributed by atoms with Crippen LogP contribution < -0.4 is 5.32 Å². The van der Waals surface area contributed by atoms with Crippen molar-refractivity contribution in [3.8, 4) is 0 Å². The van der Waals surface area contributed by atoms with Crippen LogP contribution in [0, 0.1) is 13.8 Å². The van der Waals surface area contributed by atoms with Crippen LogP contribution in [0.4, 0.5) is 0 Å². The predicted octanol–water partition coefficient (Wildman–Crippen LogP) is 3.11. The first-order valence-electron chi connectivity index (χ1n) is 7.06. The Hall–Kier alpha value is -2.53. The van der Waals surface area contributed by atoms with Crippen molar-refractivity contribution in [3.63, 3.8) is 0 Å². The van der Waals surface area contributed by atoms with Gasteiger partial charge in [0.15, 0.2) is 5.76 Å². The molecule has 0 radical (unpaired) electrons. The van der Waals surface area contributed by atoms with Crippen LogP contribution in [-0.2, 0) is 0 Å². The minimum Gasteiger partial charge on any atom is -0.466 e. The Labute approximate surface area is 127 Å². The summed E-state index contributed by atoms with van der Waals surface area (Å²) in [5, 5.41) is 13.7. The summed E-state index contributed by atoms with van der Waals surface area (Å²) in [6.45, 7) is 3.69. The number of furan rings is 2. The van der Waals surface area contributed by atoms with Gasteiger partial charge in [0.1, 0.15) is 17.1 Å². The third kappa shape index (κ3) is 2.76. The van der Waals surface area contributed by atoms with Crippen LogP contribution in [0.15, 0.2) is 45.2 Å². The molecule has 0 saturated carbocycles. The lowest BCUT2D eigenvalue weighted by Gasteiger charge is -2.10. The topological polar surface area (TPSA) is 75.6 Å². The highest BCUT2D eigenvalue weighted by Crippen LogP contribution is 2.22. The van der Waals surface area contributed by atoms with Crippen LogP contribution in [-0.4, -0.2) is 17.6 Å². The van der Waals surface area contributed by atoms with Gasteiger partial charge in [-0.25, -0.2) is 0 Å². The van der Waals surface area contributed by atoms with Gasteiger partial charge >= 0.3 is 0 Å². The average Bonchev–Trinajstić information content (AvgIpc) is 3.07. The number of hydrogen-bond donors (Lipinski definition) is 2. The molecular weight excluding hydrogens is 282 g/mol. The van der Waals surface area contributed by atoms with Crippen molar-refractivity contribution in [2.24, 2.45) is 0 Å². The van der Waals surface area contributed by atoms with Crippen LogP contribution in [0.2, 0.25) is 0 Å². The van der Waals surface area contributed by atoms with E-state index in [4.69, 9.17) is 8.83 Å². The third-order valence-electron chi connectivity index (χ3n) is 3.54. The van der Waals surface area contributed by atoms with Crippen molar-refractivity contribution < 1.29 is 18.7 Å². The molecule has 1 amide bonds. The normalized spacial score (nSPS) is 12.5. The fourth-order valence-corrected chi connectivity index (χ4v) is 2.46. The van der Waals surface area contributed by atoms with Crippen molar-refractivity contribution in [2.45, 2.75) is 20.0 Å². The van der Waals surface area contributed by atoms with E-state index >= 15 is 0 Å². The van der Waals surface area contributed by atoms with Crippen molar-refractivity contribution in [1.29, 1.82) is 0 Å². The molecule has 0 aliphatic rings. The van der Waals surface area contributed by atoms with Gasteiger partial charge < -0.3 is 19.3 Å². The van der Waals surface area contributed by atoms with E-state index in [2.05, 4.69) is 5.32 Å². The molecule has 1 aromatic carbocycles. The summed E-state index contributed by atoms with van der Waals surface area (Å²) in [5.74, 6) is 1.26. The van der Waals surface area contributed by atoms with E-state index in [0.29, 0.717) is 16.9 Å². The quantitative estimate of drug-likeness (QED) is 0.776. The number of rotatable bonds is 4. The smallest absolute Gasteiger partial charge is 0.287 e. The molecule has 0 aliphatic heterocycles. The lowest BCUT2D eigenvalue weighted by atomic mass is 10.1. The molecule has 2 aromatic heterocycles. The molecule has 22 heavy (non-hydrogen) atoms. The maximum absolute atomic E-state index is 12.1. The van der Waals surface area contributed by atoms with Gasteiger partial charge in [-0.1, -0.05) is 18.2 Å². The SMILES string of the molecule is Cc1cc(C(O)CNC(=O)c2cc3ccccc3o2)c(C)o1. The molecule has 1 unspecified atom stereocenters. The number of nitrogens with one attached hydrogen (secondary N) is 1. The molecule has 0 bridgehead atoms. The molecule has 0 fully saturated rings. The summed E-state index contributed by atoms with van der Waals surface area (Å²) >= 11 is 0. The zero-order chi connectivity index (χ0) is 15.7. The summed E-state index contributed by atoms with van der Waals surface area (Å²) in [5.41, 5.74) is 1.34. The van der Waals surface area contributed by atoms with Crippen molar-refractivity contribution in [1.82, 2.24) is 5.32 Å². The highest BCUT2D eigenvalue weighted by molar-refractivity contribution is 5.96. The van der Waals surface area contributed by atoms with Crippen LogP contribution in [0.5, 0.6) is 0 Å². The Morgan fingerprint density at radius 2 is 2.00 bits per heavy atom. The Morgan fingerprint density at radius 3 is 2.68 bits per heavy atom. The summed E-state index contributed by atoms with van der Waals surface area (Å²) in [6.07, 6.45) is -0.814. The number of aliphatic hydroxyl groups excluding tert-OH is 1. The lowest BCUT2D eigenvalue weighted by molar-refractivity contribution is 0.0890. The van der Waals surface area contributed by atoms with Gasteiger partial charge in [0.2, 0.25) is 0 Å². The van der Waals surface area contributed by atoms with Crippen LogP contribution in [0.25, 0.3) is 11.0 Å². The first-order valence-corrected chi connectivity index (χ1v) is 7.06. The molecule has 0 saturated heterocycles. The van der Waals surface area contributed by atoms with Gasteiger partial charge in [0.25, 0.3) is 5.91 Å². The molecular formula is C17H17NO4. The predicted molar refractivity (Wildman–Crippen MR) is 81.7 cm³/mol. The zero-order valence-electron chi connectivity index (χ0n) is 12.4. The maximum Gasteiger partial charge on any atom is 0.287 e. The molecule has 5 nitrogen and oxygen atoms in total. The molecule has 2 heterocycles. The number of aryl methyl sites for hydroxylation is 2. The van der Waals surface area contributed by atoms with E-state index in [1.165, 1.54) is 0 Å². The number of amides is 1. The molecule has 0 spiro atoms. The van der Waals surface area contributed by atoms with Gasteiger partial charge in [0, 0.05) is 17.5 Å². The van der Waals surface area contributed by atoms with Gasteiger partial charge in [-0.2, -0.15) is 0 Å². The van der Waals surface area contributed by atoms with Crippen LogP contribution in [0.3, 0.4) is 0 Å². The Balaban J connectivity index is 1.68. The lowest BCUT2D eigenvalue weighted by Crippen LogP contribution is -2.28. The summed E-state index contributed by atoms with van der Waals surface area (Å²) in [7, 11) is 0. The standard InChI is InChI=1S/C17H17NO4/c1-10-7-13(11(2)21-10)14(19)9-18-17(20)16-8-12-5-3-4-6-15(12)22-16/h3-8,14,19H,9H2,1-2H3,(H,18,20). The number of benzene rings is 1. The molecule has 0 aliphatic carbocycles. The number of fused-ring (bicyclic) bond motifs is 1. The largest absolute Gasteiger partial charge is 0.466 e. The Bertz CT molecular complexity index is 782. The summed E-state index contributed by atoms with van der Waals surface area (Å²) in [6, 6.07) is 10.9. The number of hydrogen-bond acceptors (Lipinski definition) is 4. The van der Waals surface area contributed by atoms with Gasteiger partial charge in [-0.15, -0.1) is 0 Å². The second kappa shape index (κ2) is 5.69. The fourth-order valence-electron chi connectivity index (χ4n) is 2.46. The number of carbonyl (C=O) groups is 1. The fraction of sp³-hybridized carbons (Fsp3) is 0.235. The molecule has 3 rings (SSSR count). The van der Waals surface area contributed by atoms with E-state index in [0.717, 1.165) is 11.1 Å². The van der Waals surface area contributed by atoms with Gasteiger partial charge in [-0.3, -0.25) is 4.79 Å². The second-order valence-electron chi connectivity index (χ2n) is 5.24. The first-order chi connectivity index (χ1) is 10.5. The molecule has 114 valence electrons. The zero-order valence-corrected chi connectivity index (χ0v) is 12.4. The molecule has 3 aromatic rings. The Kier molecular flexibility index (Phi) is 3.73. The van der Waals surface area contributed by atoms with Gasteiger partial charge in [0.05, 0.1) is 6.10 Å². The third-order valence-corrected chi connectivity index (χ3v) is 3.54. The summed E-state index contributed by atoms with van der Waals surface area (Å²) in [4.78, 5) is 12.1. The highest BCUT2D eigenvalue weighted by atomic mass is 16.3. The first kappa shape index (κ1) is 14.4. The molecule has 2 N–H and O–H groups in total. The van der Waals surface area contributed by atoms with E-state index in [1.807, 2.05) is 25.1 Å². The highest BCUT2D eigenvalue weighted by Gasteiger charge is 2.17. The molecule has 1 atom stereocenters. The van der Waals surface area contributed by atoms with Crippen LogP contribution in [0.1, 0.15) is 33.7 Å². The minimum absolute atomic E-state index is 0.0929. The monoisotopic (exact) mass is 299 g/mol. The van der Waals surface area contributed by atoms with E-state index in [9.17, 15) is 9.90 Å². The van der Waals surface area contributed by atoms with E-state index in [1.54, 1.807) is 25.1 Å². The number of aliphatic hydroxyl groups is 1. The summed E-state index contributed by atoms with van der Waals surface area (Å²) < 4.78 is 10.9. The van der Waals surface area contributed by atoms with Crippen LogP contribution >= 0.6 is 0 Å². The number of para-hydroxylation sites is 1. The maximum atomic E-state index is 12.1. The average molecular weight is 299 g/mol. The van der Waals surface area contributed by atoms with E-state index < -0.39 is 6.10 Å². The van der Waals surface area contributed by atoms with Crippen molar-refractivity contribution in [3.05, 3.63) is 59.2 Å². The molecule has 5 heteroatoms. The van der Waals surface area contributed by atoms with Gasteiger partial charge in [-0.05, 0) is 32.0 Å². The minimum atomic E-state index is -0.814. The van der Waals surface area contributed by atoms with Crippen molar-refractivity contribution >= 4 is 16.9 Å². The van der Waals surface area contributed by atoms with Crippen molar-refractivity contribution in [2.75, 3.05) is 6.54 Å². The second-order valence-corrected chi connectivity index (χ2v) is 5.24. The Morgan fingerprint density at radius 1 is 1.23 bits per heavy atom. The van der Waals surface area contributed by atoms with E-state index in [-0.39, 0.29) is 18.2 Å².